The predicted octanol–water partition coefficient (Wildman–Crippen LogP) is 2.19. The van der Waals surface area contributed by atoms with Crippen molar-refractivity contribution in [1.29, 1.82) is 0 Å². The molecule has 1 saturated carbocycles. The first kappa shape index (κ1) is 17.7. The Morgan fingerprint density at radius 2 is 1.78 bits per heavy atom. The largest absolute Gasteiger partial charge is 0.376 e. The standard InChI is InChI=1S/C21H23N3O3/c1-15-7-6-10-17(22-15)19(26)24-13-20(14-24,21(27-2)11-12-21)23-18(25)16-8-4-3-5-9-16/h3-10H,11-14H2,1-2H3,(H,23,25). The van der Waals surface area contributed by atoms with Gasteiger partial charge in [0.25, 0.3) is 11.8 Å². The van der Waals surface area contributed by atoms with Gasteiger partial charge in [0.15, 0.2) is 0 Å². The lowest BCUT2D eigenvalue weighted by molar-refractivity contribution is -0.0710. The number of carbonyl (C=O) groups is 2. The minimum Gasteiger partial charge on any atom is -0.376 e. The Bertz CT molecular complexity index is 871. The molecule has 6 nitrogen and oxygen atoms in total. The molecular formula is C21H23N3O3. The van der Waals surface area contributed by atoms with Crippen LogP contribution >= 0.6 is 0 Å². The molecule has 6 heteroatoms. The zero-order valence-corrected chi connectivity index (χ0v) is 15.6. The van der Waals surface area contributed by atoms with E-state index < -0.39 is 11.1 Å². The van der Waals surface area contributed by atoms with Gasteiger partial charge in [0.2, 0.25) is 0 Å². The minimum absolute atomic E-state index is 0.116. The summed E-state index contributed by atoms with van der Waals surface area (Å²) in [5.41, 5.74) is 0.886. The van der Waals surface area contributed by atoms with Gasteiger partial charge in [0.1, 0.15) is 11.2 Å². The highest BCUT2D eigenvalue weighted by Gasteiger charge is 2.66. The molecule has 0 bridgehead atoms. The average molecular weight is 365 g/mol. The number of pyridine rings is 1. The lowest BCUT2D eigenvalue weighted by Gasteiger charge is -2.54. The van der Waals surface area contributed by atoms with Crippen LogP contribution in [0.15, 0.2) is 48.5 Å². The summed E-state index contributed by atoms with van der Waals surface area (Å²) in [6, 6.07) is 14.5. The molecule has 0 spiro atoms. The van der Waals surface area contributed by atoms with Crippen LogP contribution in [0, 0.1) is 6.92 Å². The van der Waals surface area contributed by atoms with E-state index in [2.05, 4.69) is 10.3 Å². The van der Waals surface area contributed by atoms with Gasteiger partial charge >= 0.3 is 0 Å². The highest BCUT2D eigenvalue weighted by molar-refractivity contribution is 5.96. The summed E-state index contributed by atoms with van der Waals surface area (Å²) >= 11 is 0. The molecule has 1 aliphatic carbocycles. The first-order valence-electron chi connectivity index (χ1n) is 9.14. The summed E-state index contributed by atoms with van der Waals surface area (Å²) in [5.74, 6) is -0.255. The molecule has 2 fully saturated rings. The van der Waals surface area contributed by atoms with E-state index >= 15 is 0 Å². The maximum Gasteiger partial charge on any atom is 0.272 e. The third-order valence-electron chi connectivity index (χ3n) is 5.67. The maximum atomic E-state index is 12.8. The van der Waals surface area contributed by atoms with Crippen LogP contribution in [0.4, 0.5) is 0 Å². The molecule has 27 heavy (non-hydrogen) atoms. The topological polar surface area (TPSA) is 71.5 Å². The van der Waals surface area contributed by atoms with Crippen molar-refractivity contribution in [2.75, 3.05) is 20.2 Å². The lowest BCUT2D eigenvalue weighted by Crippen LogP contribution is -2.77. The van der Waals surface area contributed by atoms with Crippen LogP contribution in [0.3, 0.4) is 0 Å². The predicted molar refractivity (Wildman–Crippen MR) is 100 cm³/mol. The second kappa shape index (κ2) is 6.46. The third-order valence-corrected chi connectivity index (χ3v) is 5.67. The number of hydrogen-bond donors (Lipinski definition) is 1. The maximum absolute atomic E-state index is 12.8. The van der Waals surface area contributed by atoms with Crippen LogP contribution in [0.2, 0.25) is 0 Å². The normalized spacial score (nSPS) is 19.1. The van der Waals surface area contributed by atoms with Crippen molar-refractivity contribution < 1.29 is 14.3 Å². The number of aromatic nitrogens is 1. The van der Waals surface area contributed by atoms with Gasteiger partial charge in [-0.1, -0.05) is 24.3 Å². The van der Waals surface area contributed by atoms with Crippen LogP contribution in [0.1, 0.15) is 39.4 Å². The van der Waals surface area contributed by atoms with Gasteiger partial charge in [0.05, 0.1) is 5.60 Å². The summed E-state index contributed by atoms with van der Waals surface area (Å²) in [7, 11) is 1.68. The summed E-state index contributed by atoms with van der Waals surface area (Å²) in [6.07, 6.45) is 1.76. The molecular weight excluding hydrogens is 342 g/mol. The molecule has 0 unspecified atom stereocenters. The minimum atomic E-state index is -0.561. The Kier molecular flexibility index (Phi) is 4.23. The summed E-state index contributed by atoms with van der Waals surface area (Å²) in [4.78, 5) is 31.6. The molecule has 1 N–H and O–H groups in total. The van der Waals surface area contributed by atoms with Gasteiger partial charge in [-0.3, -0.25) is 9.59 Å². The first-order valence-corrected chi connectivity index (χ1v) is 9.14. The Morgan fingerprint density at radius 1 is 1.07 bits per heavy atom. The summed E-state index contributed by atoms with van der Waals surface area (Å²) < 4.78 is 5.78. The molecule has 0 atom stereocenters. The number of rotatable bonds is 5. The molecule has 2 heterocycles. The smallest absolute Gasteiger partial charge is 0.272 e. The number of amides is 2. The van der Waals surface area contributed by atoms with Crippen LogP contribution in [0.25, 0.3) is 0 Å². The number of nitrogens with one attached hydrogen (secondary N) is 1. The fourth-order valence-corrected chi connectivity index (χ4v) is 3.92. The molecule has 1 aromatic carbocycles. The van der Waals surface area contributed by atoms with Crippen LogP contribution in [-0.4, -0.2) is 53.0 Å². The summed E-state index contributed by atoms with van der Waals surface area (Å²) in [5, 5.41) is 3.17. The number of carbonyl (C=O) groups excluding carboxylic acids is 2. The van der Waals surface area contributed by atoms with Crippen molar-refractivity contribution in [3.05, 3.63) is 65.5 Å². The van der Waals surface area contributed by atoms with Gasteiger partial charge in [0, 0.05) is 31.5 Å². The Hall–Kier alpha value is -2.73. The van der Waals surface area contributed by atoms with Crippen LogP contribution < -0.4 is 5.32 Å². The van der Waals surface area contributed by atoms with Gasteiger partial charge < -0.3 is 15.0 Å². The molecule has 1 saturated heterocycles. The number of nitrogens with zero attached hydrogens (tertiary/aromatic N) is 2. The molecule has 2 amide bonds. The van der Waals surface area contributed by atoms with E-state index in [1.165, 1.54) is 0 Å². The fourth-order valence-electron chi connectivity index (χ4n) is 3.92. The molecule has 0 radical (unpaired) electrons. The van der Waals surface area contributed by atoms with Crippen LogP contribution in [0.5, 0.6) is 0 Å². The van der Waals surface area contributed by atoms with Gasteiger partial charge in [-0.15, -0.1) is 0 Å². The molecule has 140 valence electrons. The number of hydrogen-bond acceptors (Lipinski definition) is 4. The van der Waals surface area contributed by atoms with Crippen LogP contribution in [-0.2, 0) is 4.74 Å². The van der Waals surface area contributed by atoms with Crippen molar-refractivity contribution in [2.24, 2.45) is 0 Å². The lowest BCUT2D eigenvalue weighted by atomic mass is 9.80. The zero-order valence-electron chi connectivity index (χ0n) is 15.6. The van der Waals surface area contributed by atoms with Gasteiger partial charge in [-0.25, -0.2) is 4.98 Å². The monoisotopic (exact) mass is 365 g/mol. The Balaban J connectivity index is 1.53. The summed E-state index contributed by atoms with van der Waals surface area (Å²) in [6.45, 7) is 2.71. The Morgan fingerprint density at radius 3 is 2.37 bits per heavy atom. The third kappa shape index (κ3) is 3.00. The second-order valence-electron chi connectivity index (χ2n) is 7.43. The molecule has 2 aliphatic rings. The first-order chi connectivity index (χ1) is 13.0. The number of likely N-dealkylation sites (tertiary alicyclic amines) is 1. The van der Waals surface area contributed by atoms with Crippen molar-refractivity contribution in [3.63, 3.8) is 0 Å². The molecule has 2 aromatic rings. The van der Waals surface area contributed by atoms with E-state index in [-0.39, 0.29) is 11.8 Å². The number of aryl methyl sites for hydroxylation is 1. The number of methoxy groups -OCH3 is 1. The quantitative estimate of drug-likeness (QED) is 0.882. The molecule has 1 aliphatic heterocycles. The van der Waals surface area contributed by atoms with E-state index in [1.807, 2.05) is 37.3 Å². The van der Waals surface area contributed by atoms with E-state index in [0.29, 0.717) is 24.3 Å². The highest BCUT2D eigenvalue weighted by atomic mass is 16.5. The van der Waals surface area contributed by atoms with E-state index in [1.54, 1.807) is 30.2 Å². The second-order valence-corrected chi connectivity index (χ2v) is 7.43. The van der Waals surface area contributed by atoms with E-state index in [4.69, 9.17) is 4.74 Å². The van der Waals surface area contributed by atoms with Crippen molar-refractivity contribution >= 4 is 11.8 Å². The van der Waals surface area contributed by atoms with Crippen molar-refractivity contribution in [1.82, 2.24) is 15.2 Å². The van der Waals surface area contributed by atoms with Crippen molar-refractivity contribution in [2.45, 2.75) is 30.9 Å². The molecule has 1 aromatic heterocycles. The molecule has 4 rings (SSSR count). The fraction of sp³-hybridized carbons (Fsp3) is 0.381. The zero-order chi connectivity index (χ0) is 19.1. The van der Waals surface area contributed by atoms with Gasteiger partial charge in [-0.2, -0.15) is 0 Å². The van der Waals surface area contributed by atoms with Gasteiger partial charge in [-0.05, 0) is 44.0 Å². The average Bonchev–Trinajstić information content (AvgIpc) is 3.46. The van der Waals surface area contributed by atoms with E-state index in [0.717, 1.165) is 18.5 Å². The van der Waals surface area contributed by atoms with E-state index in [9.17, 15) is 9.59 Å². The van der Waals surface area contributed by atoms with Crippen molar-refractivity contribution in [3.8, 4) is 0 Å². The number of benzene rings is 1. The Labute approximate surface area is 158 Å². The highest BCUT2D eigenvalue weighted by Crippen LogP contribution is 2.51. The SMILES string of the molecule is COC1(C2(NC(=O)c3ccccc3)CN(C(=O)c3cccc(C)n3)C2)CC1. The number of ether oxygens (including phenoxy) is 1.